The van der Waals surface area contributed by atoms with E-state index in [0.29, 0.717) is 17.8 Å². The normalized spacial score (nSPS) is 18.5. The third kappa shape index (κ3) is 2.39. The van der Waals surface area contributed by atoms with E-state index in [1.54, 1.807) is 18.4 Å². The van der Waals surface area contributed by atoms with Gasteiger partial charge in [0.2, 0.25) is 0 Å². The van der Waals surface area contributed by atoms with Crippen LogP contribution in [0.25, 0.3) is 0 Å². The molecule has 1 aromatic rings. The summed E-state index contributed by atoms with van der Waals surface area (Å²) in [6.07, 6.45) is 4.62. The molecule has 1 N–H and O–H groups in total. The quantitative estimate of drug-likeness (QED) is 0.910. The van der Waals surface area contributed by atoms with Crippen molar-refractivity contribution in [3.63, 3.8) is 0 Å². The number of hydrogen-bond donors (Lipinski definition) is 1. The van der Waals surface area contributed by atoms with E-state index in [4.69, 9.17) is 5.26 Å². The average molecular weight is 266 g/mol. The Kier molecular flexibility index (Phi) is 3.67. The molecule has 3 nitrogen and oxygen atoms in total. The number of hydrogen-bond acceptors (Lipinski definition) is 3. The highest BCUT2D eigenvalue weighted by atomic mass is 32.2. The van der Waals surface area contributed by atoms with Crippen LogP contribution in [0.1, 0.15) is 24.8 Å². The van der Waals surface area contributed by atoms with Gasteiger partial charge in [-0.25, -0.2) is 4.39 Å². The van der Waals surface area contributed by atoms with Gasteiger partial charge in [-0.1, -0.05) is 6.42 Å². The van der Waals surface area contributed by atoms with Crippen LogP contribution in [0.15, 0.2) is 18.2 Å². The van der Waals surface area contributed by atoms with Crippen molar-refractivity contribution in [3.8, 4) is 6.07 Å². The number of nitrogens with zero attached hydrogens (tertiary/aromatic N) is 1. The Labute approximate surface area is 108 Å². The van der Waals surface area contributed by atoms with E-state index in [-0.39, 0.29) is 4.75 Å². The minimum atomic E-state index is -0.906. The fourth-order valence-corrected chi connectivity index (χ4v) is 3.26. The van der Waals surface area contributed by atoms with Crippen molar-refractivity contribution in [2.45, 2.75) is 24.0 Å². The maximum atomic E-state index is 13.6. The van der Waals surface area contributed by atoms with Crippen LogP contribution in [-0.4, -0.2) is 21.8 Å². The van der Waals surface area contributed by atoms with Crippen LogP contribution in [0.5, 0.6) is 0 Å². The van der Waals surface area contributed by atoms with Gasteiger partial charge in [-0.3, -0.25) is 4.21 Å². The zero-order valence-electron chi connectivity index (χ0n) is 10.2. The number of benzene rings is 1. The SMILES string of the molecule is C[S@@](=O)C1(CNc2ccc(C#N)cc2F)CCC1. The maximum Gasteiger partial charge on any atom is 0.147 e. The zero-order chi connectivity index (χ0) is 13.2. The van der Waals surface area contributed by atoms with Gasteiger partial charge < -0.3 is 5.32 Å². The highest BCUT2D eigenvalue weighted by Gasteiger charge is 2.40. The van der Waals surface area contributed by atoms with Gasteiger partial charge in [-0.2, -0.15) is 5.26 Å². The lowest BCUT2D eigenvalue weighted by Crippen LogP contribution is -2.47. The lowest BCUT2D eigenvalue weighted by atomic mass is 9.84. The molecular formula is C13H15FN2OS. The Morgan fingerprint density at radius 3 is 2.72 bits per heavy atom. The van der Waals surface area contributed by atoms with Gasteiger partial charge >= 0.3 is 0 Å². The van der Waals surface area contributed by atoms with Crippen molar-refractivity contribution < 1.29 is 8.60 Å². The minimum Gasteiger partial charge on any atom is -0.381 e. The summed E-state index contributed by atoms with van der Waals surface area (Å²) in [6.45, 7) is 0.513. The van der Waals surface area contributed by atoms with Crippen molar-refractivity contribution in [1.29, 1.82) is 5.26 Å². The fraction of sp³-hybridized carbons (Fsp3) is 0.462. The van der Waals surface area contributed by atoms with E-state index >= 15 is 0 Å². The third-order valence-electron chi connectivity index (χ3n) is 3.57. The Morgan fingerprint density at radius 2 is 2.28 bits per heavy atom. The molecule has 5 heteroatoms. The van der Waals surface area contributed by atoms with Gasteiger partial charge in [0.1, 0.15) is 5.82 Å². The van der Waals surface area contributed by atoms with Crippen LogP contribution < -0.4 is 5.32 Å². The molecule has 1 aliphatic carbocycles. The molecule has 0 saturated heterocycles. The van der Waals surface area contributed by atoms with E-state index in [2.05, 4.69) is 5.32 Å². The van der Waals surface area contributed by atoms with Crippen molar-refractivity contribution in [1.82, 2.24) is 0 Å². The topological polar surface area (TPSA) is 52.9 Å². The zero-order valence-corrected chi connectivity index (χ0v) is 11.0. The molecule has 0 bridgehead atoms. The largest absolute Gasteiger partial charge is 0.381 e. The van der Waals surface area contributed by atoms with Crippen LogP contribution >= 0.6 is 0 Å². The summed E-state index contributed by atoms with van der Waals surface area (Å²) in [7, 11) is -0.906. The lowest BCUT2D eigenvalue weighted by molar-refractivity contribution is 0.368. The predicted octanol–water partition coefficient (Wildman–Crippen LogP) is 2.41. The monoisotopic (exact) mass is 266 g/mol. The van der Waals surface area contributed by atoms with E-state index in [9.17, 15) is 8.60 Å². The van der Waals surface area contributed by atoms with Crippen LogP contribution in [0.3, 0.4) is 0 Å². The summed E-state index contributed by atoms with van der Waals surface area (Å²) in [5.41, 5.74) is 0.668. The van der Waals surface area contributed by atoms with E-state index in [1.807, 2.05) is 6.07 Å². The molecule has 0 aliphatic heterocycles. The summed E-state index contributed by atoms with van der Waals surface area (Å²) in [5, 5.41) is 11.7. The molecule has 0 radical (unpaired) electrons. The molecule has 0 spiro atoms. The van der Waals surface area contributed by atoms with Crippen LogP contribution in [-0.2, 0) is 10.8 Å². The number of nitriles is 1. The van der Waals surface area contributed by atoms with Gasteiger partial charge in [-0.15, -0.1) is 0 Å². The molecule has 18 heavy (non-hydrogen) atoms. The summed E-state index contributed by atoms with van der Waals surface area (Å²) in [6, 6.07) is 6.22. The molecular weight excluding hydrogens is 251 g/mol. The summed E-state index contributed by atoms with van der Waals surface area (Å²) in [4.78, 5) is 0. The second kappa shape index (κ2) is 5.07. The molecule has 0 amide bonds. The Bertz CT molecular complexity index is 520. The van der Waals surface area contributed by atoms with Crippen LogP contribution in [0, 0.1) is 17.1 Å². The van der Waals surface area contributed by atoms with Gasteiger partial charge in [0, 0.05) is 23.6 Å². The van der Waals surface area contributed by atoms with E-state index < -0.39 is 16.6 Å². The Hall–Kier alpha value is -1.41. The smallest absolute Gasteiger partial charge is 0.147 e. The first-order valence-corrected chi connectivity index (χ1v) is 7.40. The lowest BCUT2D eigenvalue weighted by Gasteiger charge is -2.40. The van der Waals surface area contributed by atoms with E-state index in [1.165, 1.54) is 6.07 Å². The van der Waals surface area contributed by atoms with Gasteiger partial charge in [0.05, 0.1) is 22.1 Å². The van der Waals surface area contributed by atoms with Crippen molar-refractivity contribution >= 4 is 16.5 Å². The van der Waals surface area contributed by atoms with Gasteiger partial charge in [0.25, 0.3) is 0 Å². The number of anilines is 1. The van der Waals surface area contributed by atoms with Crippen molar-refractivity contribution in [2.24, 2.45) is 0 Å². The van der Waals surface area contributed by atoms with Gasteiger partial charge in [-0.05, 0) is 31.0 Å². The second-order valence-corrected chi connectivity index (χ2v) is 6.42. The molecule has 1 aromatic carbocycles. The minimum absolute atomic E-state index is 0.208. The number of halogens is 1. The number of nitrogens with one attached hydrogen (secondary N) is 1. The first-order chi connectivity index (χ1) is 8.57. The van der Waals surface area contributed by atoms with Crippen LogP contribution in [0.2, 0.25) is 0 Å². The van der Waals surface area contributed by atoms with Gasteiger partial charge in [0.15, 0.2) is 0 Å². The first kappa shape index (κ1) is 13.0. The molecule has 1 aliphatic rings. The fourth-order valence-electron chi connectivity index (χ4n) is 2.12. The first-order valence-electron chi connectivity index (χ1n) is 5.84. The standard InChI is InChI=1S/C13H15FN2OS/c1-18(17)13(5-2-6-13)9-16-12-4-3-10(8-15)7-11(12)14/h3-4,7,16H,2,5-6,9H2,1H3/t18-/m1/s1. The Morgan fingerprint density at radius 1 is 1.56 bits per heavy atom. The molecule has 1 saturated carbocycles. The Balaban J connectivity index is 2.07. The second-order valence-electron chi connectivity index (χ2n) is 4.65. The highest BCUT2D eigenvalue weighted by Crippen LogP contribution is 2.37. The molecule has 0 aromatic heterocycles. The molecule has 96 valence electrons. The van der Waals surface area contributed by atoms with Crippen molar-refractivity contribution in [3.05, 3.63) is 29.6 Å². The molecule has 1 atom stereocenters. The summed E-state index contributed by atoms with van der Waals surface area (Å²) in [5.74, 6) is -0.439. The average Bonchev–Trinajstić information content (AvgIpc) is 2.28. The molecule has 0 heterocycles. The maximum absolute atomic E-state index is 13.6. The van der Waals surface area contributed by atoms with Crippen LogP contribution in [0.4, 0.5) is 10.1 Å². The van der Waals surface area contributed by atoms with E-state index in [0.717, 1.165) is 19.3 Å². The third-order valence-corrected chi connectivity index (χ3v) is 5.35. The van der Waals surface area contributed by atoms with Crippen molar-refractivity contribution in [2.75, 3.05) is 18.1 Å². The summed E-state index contributed by atoms with van der Waals surface area (Å²) >= 11 is 0. The molecule has 2 rings (SSSR count). The number of rotatable bonds is 4. The predicted molar refractivity (Wildman–Crippen MR) is 70.3 cm³/mol. The molecule has 0 unspecified atom stereocenters. The molecule has 1 fully saturated rings. The summed E-state index contributed by atoms with van der Waals surface area (Å²) < 4.78 is 25.1. The highest BCUT2D eigenvalue weighted by molar-refractivity contribution is 7.85.